The Balaban J connectivity index is 1.46. The van der Waals surface area contributed by atoms with E-state index in [2.05, 4.69) is 5.32 Å². The SMILES string of the molecule is CNc1nc(C2CCN(C(C)=O)CC2)nc2c1CN(C(=O)CC1CCCC1)CC2. The summed E-state index contributed by atoms with van der Waals surface area (Å²) in [5.74, 6) is 3.05. The maximum atomic E-state index is 12.8. The molecule has 1 aromatic heterocycles. The minimum atomic E-state index is 0.146. The van der Waals surface area contributed by atoms with E-state index in [0.717, 1.165) is 61.8 Å². The number of likely N-dealkylation sites (tertiary alicyclic amines) is 1. The number of amides is 2. The third-order valence-corrected chi connectivity index (χ3v) is 6.91. The van der Waals surface area contributed by atoms with E-state index in [1.54, 1.807) is 6.92 Å². The van der Waals surface area contributed by atoms with E-state index in [1.807, 2.05) is 16.8 Å². The zero-order valence-electron chi connectivity index (χ0n) is 17.7. The molecule has 2 amide bonds. The molecule has 4 rings (SSSR count). The fourth-order valence-corrected chi connectivity index (χ4v) is 5.08. The van der Waals surface area contributed by atoms with Crippen LogP contribution in [0.2, 0.25) is 0 Å². The Morgan fingerprint density at radius 2 is 1.76 bits per heavy atom. The Bertz CT molecular complexity index is 749. The van der Waals surface area contributed by atoms with Gasteiger partial charge in [0.15, 0.2) is 0 Å². The van der Waals surface area contributed by atoms with E-state index in [-0.39, 0.29) is 11.8 Å². The predicted octanol–water partition coefficient (Wildman–Crippen LogP) is 2.71. The van der Waals surface area contributed by atoms with E-state index < -0.39 is 0 Å². The highest BCUT2D eigenvalue weighted by Crippen LogP contribution is 2.32. The van der Waals surface area contributed by atoms with E-state index >= 15 is 0 Å². The standard InChI is InChI=1S/C22H33N5O2/c1-15(28)26-10-7-17(8-11-26)21-24-19-9-12-27(14-18(19)22(23-2)25-21)20(29)13-16-5-3-4-6-16/h16-17H,3-14H2,1-2H3,(H,23,24,25). The number of anilines is 1. The number of nitrogens with one attached hydrogen (secondary N) is 1. The van der Waals surface area contributed by atoms with Crippen molar-refractivity contribution in [1.29, 1.82) is 0 Å². The van der Waals surface area contributed by atoms with Gasteiger partial charge in [-0.15, -0.1) is 0 Å². The van der Waals surface area contributed by atoms with Crippen LogP contribution < -0.4 is 5.32 Å². The van der Waals surface area contributed by atoms with Gasteiger partial charge in [0, 0.05) is 57.9 Å². The molecule has 1 saturated carbocycles. The number of rotatable bonds is 4. The molecule has 7 nitrogen and oxygen atoms in total. The molecular formula is C22H33N5O2. The van der Waals surface area contributed by atoms with Crippen molar-refractivity contribution in [3.05, 3.63) is 17.1 Å². The van der Waals surface area contributed by atoms with Gasteiger partial charge >= 0.3 is 0 Å². The molecule has 0 unspecified atom stereocenters. The quantitative estimate of drug-likeness (QED) is 0.842. The van der Waals surface area contributed by atoms with Crippen molar-refractivity contribution in [3.8, 4) is 0 Å². The maximum Gasteiger partial charge on any atom is 0.223 e. The highest BCUT2D eigenvalue weighted by atomic mass is 16.2. The van der Waals surface area contributed by atoms with Crippen LogP contribution in [-0.2, 0) is 22.6 Å². The van der Waals surface area contributed by atoms with E-state index in [0.29, 0.717) is 24.8 Å². The first-order chi connectivity index (χ1) is 14.0. The summed E-state index contributed by atoms with van der Waals surface area (Å²) in [6, 6.07) is 0. The van der Waals surface area contributed by atoms with Gasteiger partial charge in [0.2, 0.25) is 11.8 Å². The van der Waals surface area contributed by atoms with E-state index in [1.165, 1.54) is 25.7 Å². The summed E-state index contributed by atoms with van der Waals surface area (Å²) in [7, 11) is 1.89. The second-order valence-corrected chi connectivity index (χ2v) is 8.81. The molecule has 0 bridgehead atoms. The minimum Gasteiger partial charge on any atom is -0.373 e. The lowest BCUT2D eigenvalue weighted by atomic mass is 9.95. The Kier molecular flexibility index (Phi) is 6.01. The third kappa shape index (κ3) is 4.38. The summed E-state index contributed by atoms with van der Waals surface area (Å²) in [5.41, 5.74) is 2.15. The van der Waals surface area contributed by atoms with Gasteiger partial charge in [0.05, 0.1) is 12.2 Å². The number of carbonyl (C=O) groups is 2. The van der Waals surface area contributed by atoms with Crippen LogP contribution in [0.15, 0.2) is 0 Å². The van der Waals surface area contributed by atoms with Gasteiger partial charge in [-0.3, -0.25) is 9.59 Å². The predicted molar refractivity (Wildman–Crippen MR) is 112 cm³/mol. The molecule has 1 N–H and O–H groups in total. The van der Waals surface area contributed by atoms with Crippen LogP contribution in [0, 0.1) is 5.92 Å². The fourth-order valence-electron chi connectivity index (χ4n) is 5.08. The Labute approximate surface area is 173 Å². The summed E-state index contributed by atoms with van der Waals surface area (Å²) in [6.07, 6.45) is 8.25. The molecule has 2 aliphatic heterocycles. The summed E-state index contributed by atoms with van der Waals surface area (Å²) in [4.78, 5) is 38.0. The van der Waals surface area contributed by atoms with Crippen molar-refractivity contribution >= 4 is 17.6 Å². The molecule has 3 aliphatic rings. The number of aromatic nitrogens is 2. The molecule has 29 heavy (non-hydrogen) atoms. The Morgan fingerprint density at radius 3 is 2.41 bits per heavy atom. The van der Waals surface area contributed by atoms with Crippen molar-refractivity contribution < 1.29 is 9.59 Å². The van der Waals surface area contributed by atoms with Crippen LogP contribution in [0.25, 0.3) is 0 Å². The first-order valence-electron chi connectivity index (χ1n) is 11.2. The van der Waals surface area contributed by atoms with Gasteiger partial charge in [0.25, 0.3) is 0 Å². The van der Waals surface area contributed by atoms with Crippen molar-refractivity contribution in [2.45, 2.75) is 70.8 Å². The normalized spacial score (nSPS) is 20.6. The van der Waals surface area contributed by atoms with Crippen molar-refractivity contribution in [1.82, 2.24) is 19.8 Å². The summed E-state index contributed by atoms with van der Waals surface area (Å²) in [5, 5.41) is 3.24. The number of hydrogen-bond acceptors (Lipinski definition) is 5. The highest BCUT2D eigenvalue weighted by molar-refractivity contribution is 5.77. The zero-order chi connectivity index (χ0) is 20.4. The molecule has 1 aromatic rings. The van der Waals surface area contributed by atoms with Crippen molar-refractivity contribution in [3.63, 3.8) is 0 Å². The van der Waals surface area contributed by atoms with Crippen LogP contribution >= 0.6 is 0 Å². The fraction of sp³-hybridized carbons (Fsp3) is 0.727. The summed E-state index contributed by atoms with van der Waals surface area (Å²) in [6.45, 7) is 4.55. The monoisotopic (exact) mass is 399 g/mol. The first-order valence-corrected chi connectivity index (χ1v) is 11.2. The average Bonchev–Trinajstić information content (AvgIpc) is 3.25. The molecule has 7 heteroatoms. The van der Waals surface area contributed by atoms with Crippen molar-refractivity contribution in [2.24, 2.45) is 5.92 Å². The van der Waals surface area contributed by atoms with Crippen LogP contribution in [0.3, 0.4) is 0 Å². The first kappa shape index (κ1) is 20.1. The number of carbonyl (C=O) groups excluding carboxylic acids is 2. The minimum absolute atomic E-state index is 0.146. The second kappa shape index (κ2) is 8.67. The van der Waals surface area contributed by atoms with Crippen LogP contribution in [0.4, 0.5) is 5.82 Å². The third-order valence-electron chi connectivity index (χ3n) is 6.91. The number of piperidine rings is 1. The molecule has 2 fully saturated rings. The lowest BCUT2D eigenvalue weighted by Gasteiger charge is -2.33. The molecule has 158 valence electrons. The van der Waals surface area contributed by atoms with Crippen LogP contribution in [0.5, 0.6) is 0 Å². The molecule has 0 aromatic carbocycles. The molecule has 0 atom stereocenters. The van der Waals surface area contributed by atoms with Gasteiger partial charge in [-0.05, 0) is 31.6 Å². The van der Waals surface area contributed by atoms with Crippen molar-refractivity contribution in [2.75, 3.05) is 32.0 Å². The lowest BCUT2D eigenvalue weighted by Crippen LogP contribution is -2.38. The highest BCUT2D eigenvalue weighted by Gasteiger charge is 2.30. The Morgan fingerprint density at radius 1 is 1.03 bits per heavy atom. The zero-order valence-corrected chi connectivity index (χ0v) is 17.7. The van der Waals surface area contributed by atoms with Gasteiger partial charge in [-0.25, -0.2) is 9.97 Å². The molecule has 0 radical (unpaired) electrons. The molecule has 3 heterocycles. The average molecular weight is 400 g/mol. The smallest absolute Gasteiger partial charge is 0.223 e. The molecule has 1 saturated heterocycles. The van der Waals surface area contributed by atoms with E-state index in [4.69, 9.17) is 9.97 Å². The Hall–Kier alpha value is -2.18. The summed E-state index contributed by atoms with van der Waals surface area (Å²) >= 11 is 0. The van der Waals surface area contributed by atoms with Gasteiger partial charge in [0.1, 0.15) is 11.6 Å². The molecule has 1 aliphatic carbocycles. The second-order valence-electron chi connectivity index (χ2n) is 8.81. The van der Waals surface area contributed by atoms with Crippen LogP contribution in [0.1, 0.15) is 74.9 Å². The largest absolute Gasteiger partial charge is 0.373 e. The van der Waals surface area contributed by atoms with Gasteiger partial charge < -0.3 is 15.1 Å². The topological polar surface area (TPSA) is 78.4 Å². The van der Waals surface area contributed by atoms with E-state index in [9.17, 15) is 9.59 Å². The molecule has 0 spiro atoms. The van der Waals surface area contributed by atoms with Gasteiger partial charge in [-0.2, -0.15) is 0 Å². The number of hydrogen-bond donors (Lipinski definition) is 1. The van der Waals surface area contributed by atoms with Crippen LogP contribution in [-0.4, -0.2) is 58.3 Å². The van der Waals surface area contributed by atoms with Gasteiger partial charge in [-0.1, -0.05) is 12.8 Å². The number of nitrogens with zero attached hydrogens (tertiary/aromatic N) is 4. The summed E-state index contributed by atoms with van der Waals surface area (Å²) < 4.78 is 0. The maximum absolute atomic E-state index is 12.8. The number of fused-ring (bicyclic) bond motifs is 1. The molecular weight excluding hydrogens is 366 g/mol. The lowest BCUT2D eigenvalue weighted by molar-refractivity contribution is -0.133.